The molecule has 1 amide bonds. The van der Waals surface area contributed by atoms with Gasteiger partial charge in [-0.25, -0.2) is 13.2 Å². The van der Waals surface area contributed by atoms with Crippen LogP contribution in [0.15, 0.2) is 60.7 Å². The highest BCUT2D eigenvalue weighted by Gasteiger charge is 2.29. The van der Waals surface area contributed by atoms with Crippen molar-refractivity contribution in [2.45, 2.75) is 38.6 Å². The smallest absolute Gasteiger partial charge is 0.319 e. The lowest BCUT2D eigenvalue weighted by Crippen LogP contribution is -2.49. The molecule has 3 aromatic heterocycles. The Kier molecular flexibility index (Phi) is 10.4. The number of ether oxygens (including phenoxy) is 1. The number of rotatable bonds is 10. The van der Waals surface area contributed by atoms with Gasteiger partial charge in [0.05, 0.1) is 16.6 Å². The van der Waals surface area contributed by atoms with Crippen LogP contribution in [0.5, 0.6) is 11.8 Å². The Hall–Kier alpha value is -5.74. The SMILES string of the molecule is C#Cc1c(F)ccc2cc(O)cc(-c3ncc4c(N5CCN(C(=O)/C(F)=C/c6ccccn6)CC5)nc(OC[C@@H]5CCCN5CCCC)nc4c3F)c12. The highest BCUT2D eigenvalue weighted by Crippen LogP contribution is 2.39. The van der Waals surface area contributed by atoms with Crippen LogP contribution in [-0.4, -0.2) is 92.7 Å². The normalized spacial score (nSPS) is 16.7. The van der Waals surface area contributed by atoms with Gasteiger partial charge in [-0.3, -0.25) is 19.7 Å². The standard InChI is InChI=1S/C40H38F3N7O3/c1-3-5-14-48-15-8-10-27(48)24-53-40-46-37-31(23-45-36(35(37)43)30-22-28(51)20-25-11-12-32(41)29(4-2)34(25)30)38(47-40)49-16-18-50(19-17-49)39(52)33(42)21-26-9-6-7-13-44-26/h2,6-7,9,11-13,20-23,27,51H,3,5,8,10,14-19,24H2,1H3/b33-21-/t27-/m0/s1. The molecule has 272 valence electrons. The van der Waals surface area contributed by atoms with Crippen LogP contribution in [-0.2, 0) is 4.79 Å². The number of carbonyl (C=O) groups excluding carboxylic acids is 1. The van der Waals surface area contributed by atoms with E-state index in [0.717, 1.165) is 44.8 Å². The van der Waals surface area contributed by atoms with Crippen molar-refractivity contribution >= 4 is 39.5 Å². The van der Waals surface area contributed by atoms with Crippen molar-refractivity contribution in [2.75, 3.05) is 50.8 Å². The molecule has 1 N–H and O–H groups in total. The second-order valence-corrected chi connectivity index (χ2v) is 13.2. The van der Waals surface area contributed by atoms with Gasteiger partial charge in [0.15, 0.2) is 11.6 Å². The van der Waals surface area contributed by atoms with E-state index in [-0.39, 0.29) is 77.1 Å². The molecule has 53 heavy (non-hydrogen) atoms. The Morgan fingerprint density at radius 2 is 1.92 bits per heavy atom. The van der Waals surface area contributed by atoms with Gasteiger partial charge in [-0.05, 0) is 68.1 Å². The number of carbonyl (C=O) groups is 1. The quantitative estimate of drug-likeness (QED) is 0.128. The molecule has 0 bridgehead atoms. The van der Waals surface area contributed by atoms with Gasteiger partial charge in [-0.1, -0.05) is 31.4 Å². The Morgan fingerprint density at radius 1 is 1.09 bits per heavy atom. The number of anilines is 1. The first-order valence-corrected chi connectivity index (χ1v) is 17.7. The van der Waals surface area contributed by atoms with E-state index in [4.69, 9.17) is 16.1 Å². The molecular formula is C40H38F3N7O3. The molecule has 0 radical (unpaired) electrons. The molecule has 2 aliphatic heterocycles. The van der Waals surface area contributed by atoms with E-state index in [0.29, 0.717) is 23.5 Å². The van der Waals surface area contributed by atoms with E-state index >= 15 is 4.39 Å². The van der Waals surface area contributed by atoms with E-state index in [2.05, 4.69) is 32.7 Å². The first kappa shape index (κ1) is 35.7. The van der Waals surface area contributed by atoms with Crippen molar-refractivity contribution in [2.24, 2.45) is 0 Å². The van der Waals surface area contributed by atoms with E-state index in [1.165, 1.54) is 41.6 Å². The highest BCUT2D eigenvalue weighted by molar-refractivity contribution is 6.03. The number of amides is 1. The maximum Gasteiger partial charge on any atom is 0.319 e. The zero-order chi connectivity index (χ0) is 37.1. The summed E-state index contributed by atoms with van der Waals surface area (Å²) in [5, 5.41) is 11.5. The van der Waals surface area contributed by atoms with Crippen LogP contribution in [0.1, 0.15) is 43.9 Å². The molecule has 2 aliphatic rings. The fraction of sp³-hybridized carbons (Fsp3) is 0.325. The zero-order valence-corrected chi connectivity index (χ0v) is 29.2. The van der Waals surface area contributed by atoms with Crippen molar-refractivity contribution in [3.63, 3.8) is 0 Å². The number of unbranched alkanes of at least 4 members (excludes halogenated alkanes) is 1. The average Bonchev–Trinajstić information content (AvgIpc) is 3.63. The molecule has 2 aromatic carbocycles. The molecule has 7 rings (SSSR count). The summed E-state index contributed by atoms with van der Waals surface area (Å²) in [4.78, 5) is 36.4. The number of phenolic OH excluding ortho intramolecular Hbond substituents is 1. The summed E-state index contributed by atoms with van der Waals surface area (Å²) < 4.78 is 52.9. The lowest BCUT2D eigenvalue weighted by molar-refractivity contribution is -0.128. The number of halogens is 3. The molecule has 5 heterocycles. The van der Waals surface area contributed by atoms with E-state index in [1.54, 1.807) is 18.2 Å². The summed E-state index contributed by atoms with van der Waals surface area (Å²) in [6.45, 7) is 5.24. The lowest BCUT2D eigenvalue weighted by atomic mass is 9.96. The van der Waals surface area contributed by atoms with E-state index in [9.17, 15) is 18.7 Å². The second kappa shape index (κ2) is 15.5. The number of phenols is 1. The van der Waals surface area contributed by atoms with E-state index in [1.807, 2.05) is 4.90 Å². The van der Waals surface area contributed by atoms with Gasteiger partial charge in [0.25, 0.3) is 5.91 Å². The first-order valence-electron chi connectivity index (χ1n) is 17.7. The number of aromatic nitrogens is 4. The van der Waals surface area contributed by atoms with Crippen LogP contribution in [0.3, 0.4) is 0 Å². The fourth-order valence-electron chi connectivity index (χ4n) is 7.10. The number of aromatic hydroxyl groups is 1. The third kappa shape index (κ3) is 7.32. The summed E-state index contributed by atoms with van der Waals surface area (Å²) in [7, 11) is 0. The summed E-state index contributed by atoms with van der Waals surface area (Å²) in [6.07, 6.45) is 13.9. The number of fused-ring (bicyclic) bond motifs is 2. The molecule has 10 nitrogen and oxygen atoms in total. The summed E-state index contributed by atoms with van der Waals surface area (Å²) in [6, 6.07) is 10.5. The largest absolute Gasteiger partial charge is 0.508 e. The molecule has 0 aliphatic carbocycles. The Balaban J connectivity index is 1.25. The maximum absolute atomic E-state index is 16.9. The van der Waals surface area contributed by atoms with Gasteiger partial charge in [0.1, 0.15) is 35.2 Å². The van der Waals surface area contributed by atoms with Gasteiger partial charge in [0, 0.05) is 61.6 Å². The van der Waals surface area contributed by atoms with Gasteiger partial charge < -0.3 is 19.6 Å². The summed E-state index contributed by atoms with van der Waals surface area (Å²) in [5.41, 5.74) is 0.0517. The number of piperazine rings is 1. The molecule has 0 unspecified atom stereocenters. The Labute approximate surface area is 304 Å². The van der Waals surface area contributed by atoms with Gasteiger partial charge in [-0.2, -0.15) is 9.97 Å². The predicted octanol–water partition coefficient (Wildman–Crippen LogP) is 6.51. The van der Waals surface area contributed by atoms with Crippen LogP contribution in [0.2, 0.25) is 0 Å². The molecule has 5 aromatic rings. The Bertz CT molecular complexity index is 2240. The van der Waals surface area contributed by atoms with Crippen molar-refractivity contribution in [3.8, 4) is 35.4 Å². The summed E-state index contributed by atoms with van der Waals surface area (Å²) >= 11 is 0. The minimum Gasteiger partial charge on any atom is -0.508 e. The van der Waals surface area contributed by atoms with Crippen LogP contribution in [0, 0.1) is 24.0 Å². The molecule has 13 heteroatoms. The van der Waals surface area contributed by atoms with E-state index < -0.39 is 23.4 Å². The number of likely N-dealkylation sites (tertiary alicyclic amines) is 1. The molecule has 2 fully saturated rings. The molecule has 0 saturated carbocycles. The number of terminal acetylenes is 1. The highest BCUT2D eigenvalue weighted by atomic mass is 19.1. The van der Waals surface area contributed by atoms with Crippen molar-refractivity contribution in [1.82, 2.24) is 29.7 Å². The molecule has 1 atom stereocenters. The van der Waals surface area contributed by atoms with Gasteiger partial charge in [-0.15, -0.1) is 6.42 Å². The fourth-order valence-corrected chi connectivity index (χ4v) is 7.10. The molecule has 0 spiro atoms. The zero-order valence-electron chi connectivity index (χ0n) is 29.2. The first-order chi connectivity index (χ1) is 25.7. The van der Waals surface area contributed by atoms with Crippen LogP contribution < -0.4 is 9.64 Å². The molecule has 2 saturated heterocycles. The minimum atomic E-state index is -0.925. The van der Waals surface area contributed by atoms with Gasteiger partial charge >= 0.3 is 6.01 Å². The lowest BCUT2D eigenvalue weighted by Gasteiger charge is -2.35. The average molecular weight is 722 g/mol. The van der Waals surface area contributed by atoms with Crippen molar-refractivity contribution in [3.05, 3.63) is 83.6 Å². The number of pyridine rings is 2. The Morgan fingerprint density at radius 3 is 2.68 bits per heavy atom. The third-order valence-corrected chi connectivity index (χ3v) is 9.83. The van der Waals surface area contributed by atoms with Crippen molar-refractivity contribution < 1.29 is 27.8 Å². The predicted molar refractivity (Wildman–Crippen MR) is 197 cm³/mol. The monoisotopic (exact) mass is 721 g/mol. The maximum atomic E-state index is 16.9. The summed E-state index contributed by atoms with van der Waals surface area (Å²) in [5.74, 6) is -0.674. The number of benzene rings is 2. The molecular weight excluding hydrogens is 683 g/mol. The number of hydrogen-bond acceptors (Lipinski definition) is 9. The number of hydrogen-bond donors (Lipinski definition) is 1. The van der Waals surface area contributed by atoms with Crippen molar-refractivity contribution in [1.29, 1.82) is 0 Å². The van der Waals surface area contributed by atoms with Crippen LogP contribution in [0.25, 0.3) is 39.0 Å². The third-order valence-electron chi connectivity index (χ3n) is 9.83. The minimum absolute atomic E-state index is 0.0372. The van der Waals surface area contributed by atoms with Crippen LogP contribution >= 0.6 is 0 Å². The van der Waals surface area contributed by atoms with Gasteiger partial charge in [0.2, 0.25) is 0 Å². The second-order valence-electron chi connectivity index (χ2n) is 13.2. The topological polar surface area (TPSA) is 108 Å². The van der Waals surface area contributed by atoms with Crippen LogP contribution in [0.4, 0.5) is 19.0 Å². The number of nitrogens with zero attached hydrogens (tertiary/aromatic N) is 7.